The van der Waals surface area contributed by atoms with Crippen LogP contribution < -0.4 is 4.83 Å². The summed E-state index contributed by atoms with van der Waals surface area (Å²) in [6.45, 7) is 6.17. The van der Waals surface area contributed by atoms with Gasteiger partial charge in [-0.2, -0.15) is 5.10 Å². The van der Waals surface area contributed by atoms with Crippen LogP contribution in [0.5, 0.6) is 0 Å². The second-order valence-electron chi connectivity index (χ2n) is 4.83. The van der Waals surface area contributed by atoms with Gasteiger partial charge in [-0.3, -0.25) is 0 Å². The Morgan fingerprint density at radius 1 is 1.26 bits per heavy atom. The molecule has 5 heteroatoms. The van der Waals surface area contributed by atoms with Gasteiger partial charge >= 0.3 is 0 Å². The Morgan fingerprint density at radius 3 is 2.32 bits per heavy atom. The first-order valence-electron chi connectivity index (χ1n) is 6.06. The van der Waals surface area contributed by atoms with E-state index in [1.54, 1.807) is 0 Å². The highest BCUT2D eigenvalue weighted by Crippen LogP contribution is 2.15. The van der Waals surface area contributed by atoms with Crippen molar-refractivity contribution in [1.82, 2.24) is 4.83 Å². The van der Waals surface area contributed by atoms with Crippen molar-refractivity contribution < 1.29 is 8.42 Å². The van der Waals surface area contributed by atoms with Crippen molar-refractivity contribution in [1.29, 1.82) is 0 Å². The molecule has 1 N–H and O–H groups in total. The van der Waals surface area contributed by atoms with Crippen molar-refractivity contribution in [2.75, 3.05) is 6.26 Å². The summed E-state index contributed by atoms with van der Waals surface area (Å²) in [5, 5.41) is 3.65. The third kappa shape index (κ3) is 6.20. The fourth-order valence-corrected chi connectivity index (χ4v) is 1.75. The first-order chi connectivity index (χ1) is 8.78. The van der Waals surface area contributed by atoms with Crippen LogP contribution in [0.1, 0.15) is 37.8 Å². The van der Waals surface area contributed by atoms with E-state index in [9.17, 15) is 8.42 Å². The van der Waals surface area contributed by atoms with Gasteiger partial charge in [0.05, 0.1) is 12.5 Å². The van der Waals surface area contributed by atoms with E-state index in [1.807, 2.05) is 25.1 Å². The van der Waals surface area contributed by atoms with Gasteiger partial charge < -0.3 is 0 Å². The highest BCUT2D eigenvalue weighted by atomic mass is 32.2. The molecule has 4 nitrogen and oxygen atoms in total. The zero-order valence-corrected chi connectivity index (χ0v) is 12.5. The van der Waals surface area contributed by atoms with Crippen LogP contribution in [-0.4, -0.2) is 20.9 Å². The maximum absolute atomic E-state index is 10.8. The number of hydrazone groups is 1. The second-order valence-corrected chi connectivity index (χ2v) is 6.56. The van der Waals surface area contributed by atoms with Crippen LogP contribution >= 0.6 is 0 Å². The van der Waals surface area contributed by atoms with E-state index in [0.29, 0.717) is 5.92 Å². The van der Waals surface area contributed by atoms with Crippen LogP contribution in [0.3, 0.4) is 0 Å². The summed E-state index contributed by atoms with van der Waals surface area (Å²) in [4.78, 5) is 2.06. The van der Waals surface area contributed by atoms with Gasteiger partial charge in [-0.15, -0.1) is 0 Å². The number of benzene rings is 1. The first kappa shape index (κ1) is 15.4. The molecule has 0 spiro atoms. The lowest BCUT2D eigenvalue weighted by molar-refractivity contribution is 0.591. The predicted octanol–water partition coefficient (Wildman–Crippen LogP) is 2.75. The fraction of sp³-hybridized carbons (Fsp3) is 0.357. The lowest BCUT2D eigenvalue weighted by atomic mass is 10.0. The highest BCUT2D eigenvalue weighted by molar-refractivity contribution is 7.88. The van der Waals surface area contributed by atoms with Crippen LogP contribution in [0, 0.1) is 0 Å². The average Bonchev–Trinajstić information content (AvgIpc) is 2.27. The van der Waals surface area contributed by atoms with Crippen molar-refractivity contribution in [3.63, 3.8) is 0 Å². The van der Waals surface area contributed by atoms with E-state index in [4.69, 9.17) is 0 Å². The van der Waals surface area contributed by atoms with Crippen molar-refractivity contribution in [2.45, 2.75) is 26.7 Å². The van der Waals surface area contributed by atoms with Gasteiger partial charge in [-0.25, -0.2) is 13.2 Å². The topological polar surface area (TPSA) is 58.5 Å². The molecule has 19 heavy (non-hydrogen) atoms. The minimum atomic E-state index is -3.28. The zero-order valence-electron chi connectivity index (χ0n) is 11.7. The van der Waals surface area contributed by atoms with Gasteiger partial charge in [0.15, 0.2) is 0 Å². The minimum Gasteiger partial charge on any atom is -0.206 e. The molecular weight excluding hydrogens is 260 g/mol. The number of rotatable bonds is 5. The summed E-state index contributed by atoms with van der Waals surface area (Å²) in [5.74, 6) is 0.514. The summed E-state index contributed by atoms with van der Waals surface area (Å²) in [5.41, 5.74) is 3.23. The van der Waals surface area contributed by atoms with Crippen LogP contribution in [0.2, 0.25) is 0 Å². The van der Waals surface area contributed by atoms with Gasteiger partial charge in [0.2, 0.25) is 10.0 Å². The Morgan fingerprint density at radius 2 is 1.84 bits per heavy atom. The largest absolute Gasteiger partial charge is 0.244 e. The standard InChI is InChI=1S/C14H20N2O2S/c1-11(2)14-7-5-13(6-8-14)9-12(3)10-15-16-19(4,17)18/h5-11,16H,1-4H3/b12-9-,15-10+. The number of sulfonamides is 1. The Labute approximate surface area is 115 Å². The fourth-order valence-electron chi connectivity index (χ4n) is 1.50. The lowest BCUT2D eigenvalue weighted by Crippen LogP contribution is -2.15. The highest BCUT2D eigenvalue weighted by Gasteiger charge is 1.98. The molecule has 0 fully saturated rings. The predicted molar refractivity (Wildman–Crippen MR) is 80.7 cm³/mol. The molecule has 1 aromatic rings. The van der Waals surface area contributed by atoms with E-state index in [0.717, 1.165) is 17.4 Å². The molecule has 0 radical (unpaired) electrons. The normalized spacial score (nSPS) is 13.2. The molecule has 104 valence electrons. The summed E-state index contributed by atoms with van der Waals surface area (Å²) in [6.07, 6.45) is 4.49. The zero-order chi connectivity index (χ0) is 14.5. The van der Waals surface area contributed by atoms with Gasteiger partial charge in [-0.1, -0.05) is 44.2 Å². The van der Waals surface area contributed by atoms with Gasteiger partial charge in [0.1, 0.15) is 0 Å². The van der Waals surface area contributed by atoms with Gasteiger partial charge in [0.25, 0.3) is 0 Å². The molecule has 0 aromatic heterocycles. The van der Waals surface area contributed by atoms with Crippen LogP contribution in [-0.2, 0) is 10.0 Å². The summed E-state index contributed by atoms with van der Waals surface area (Å²) in [7, 11) is -3.28. The summed E-state index contributed by atoms with van der Waals surface area (Å²) in [6, 6.07) is 8.26. The molecule has 0 bridgehead atoms. The monoisotopic (exact) mass is 280 g/mol. The molecule has 0 aliphatic heterocycles. The number of allylic oxidation sites excluding steroid dienone is 1. The third-order valence-electron chi connectivity index (χ3n) is 2.48. The number of nitrogens with zero attached hydrogens (tertiary/aromatic N) is 1. The maximum Gasteiger partial charge on any atom is 0.244 e. The third-order valence-corrected chi connectivity index (χ3v) is 2.92. The molecule has 0 saturated heterocycles. The average molecular weight is 280 g/mol. The Hall–Kier alpha value is -1.62. The molecule has 0 atom stereocenters. The maximum atomic E-state index is 10.8. The minimum absolute atomic E-state index is 0.514. The number of hydrogen-bond acceptors (Lipinski definition) is 3. The van der Waals surface area contributed by atoms with Gasteiger partial charge in [-0.05, 0) is 29.5 Å². The Balaban J connectivity index is 2.73. The molecule has 0 aliphatic carbocycles. The van der Waals surface area contributed by atoms with Crippen molar-refractivity contribution in [2.24, 2.45) is 5.10 Å². The molecule has 0 heterocycles. The second kappa shape index (κ2) is 6.52. The number of hydrogen-bond donors (Lipinski definition) is 1. The van der Waals surface area contributed by atoms with E-state index in [2.05, 4.69) is 35.9 Å². The van der Waals surface area contributed by atoms with E-state index >= 15 is 0 Å². The van der Waals surface area contributed by atoms with Crippen LogP contribution in [0.4, 0.5) is 0 Å². The van der Waals surface area contributed by atoms with Crippen molar-refractivity contribution >= 4 is 22.3 Å². The summed E-state index contributed by atoms with van der Waals surface area (Å²) >= 11 is 0. The Bertz CT molecular complexity index is 570. The van der Waals surface area contributed by atoms with E-state index in [1.165, 1.54) is 11.8 Å². The Kier molecular flexibility index (Phi) is 5.30. The molecular formula is C14H20N2O2S. The summed E-state index contributed by atoms with van der Waals surface area (Å²) < 4.78 is 21.7. The van der Waals surface area contributed by atoms with Crippen LogP contribution in [0.15, 0.2) is 34.9 Å². The molecule has 1 rings (SSSR count). The van der Waals surface area contributed by atoms with Crippen LogP contribution in [0.25, 0.3) is 6.08 Å². The van der Waals surface area contributed by atoms with Crippen molar-refractivity contribution in [3.8, 4) is 0 Å². The SMILES string of the molecule is CC(=C/c1ccc(C(C)C)cc1)/C=N/NS(C)(=O)=O. The molecule has 0 aliphatic rings. The van der Waals surface area contributed by atoms with E-state index < -0.39 is 10.0 Å². The quantitative estimate of drug-likeness (QED) is 0.666. The number of nitrogens with one attached hydrogen (secondary N) is 1. The molecule has 0 unspecified atom stereocenters. The van der Waals surface area contributed by atoms with Crippen molar-refractivity contribution in [3.05, 3.63) is 41.0 Å². The molecule has 0 saturated carbocycles. The first-order valence-corrected chi connectivity index (χ1v) is 7.95. The van der Waals surface area contributed by atoms with E-state index in [-0.39, 0.29) is 0 Å². The lowest BCUT2D eigenvalue weighted by Gasteiger charge is -2.05. The molecule has 0 amide bonds. The van der Waals surface area contributed by atoms with Gasteiger partial charge in [0, 0.05) is 0 Å². The smallest absolute Gasteiger partial charge is 0.206 e. The molecule has 1 aromatic carbocycles.